The van der Waals surface area contributed by atoms with Crippen molar-refractivity contribution in [2.24, 2.45) is 0 Å². The molecule has 0 aliphatic rings. The van der Waals surface area contributed by atoms with Gasteiger partial charge in [-0.3, -0.25) is 9.78 Å². The standard InChI is InChI=1S/C17H19ClN2O2/c1-12(17(22)14-5-7-15(18)8-6-14)20-16(21)9-4-13-3-2-10-19-11-13/h2-3,5-8,10-12,17,22H,4,9H2,1H3,(H,20,21). The van der Waals surface area contributed by atoms with Crippen molar-refractivity contribution < 1.29 is 9.90 Å². The molecule has 0 fully saturated rings. The molecule has 0 bridgehead atoms. The maximum Gasteiger partial charge on any atom is 0.220 e. The van der Waals surface area contributed by atoms with Crippen molar-refractivity contribution in [1.29, 1.82) is 0 Å². The predicted molar refractivity (Wildman–Crippen MR) is 86.6 cm³/mol. The Kier molecular flexibility index (Phi) is 5.92. The van der Waals surface area contributed by atoms with Gasteiger partial charge in [0.05, 0.1) is 12.1 Å². The second kappa shape index (κ2) is 7.92. The van der Waals surface area contributed by atoms with Gasteiger partial charge in [0.25, 0.3) is 0 Å². The lowest BCUT2D eigenvalue weighted by Crippen LogP contribution is -2.37. The van der Waals surface area contributed by atoms with E-state index in [4.69, 9.17) is 11.6 Å². The SMILES string of the molecule is CC(NC(=O)CCc1cccnc1)C(O)c1ccc(Cl)cc1. The zero-order chi connectivity index (χ0) is 15.9. The van der Waals surface area contributed by atoms with Crippen molar-refractivity contribution >= 4 is 17.5 Å². The average molecular weight is 319 g/mol. The monoisotopic (exact) mass is 318 g/mol. The second-order valence-electron chi connectivity index (χ2n) is 5.21. The molecule has 22 heavy (non-hydrogen) atoms. The van der Waals surface area contributed by atoms with Gasteiger partial charge in [-0.1, -0.05) is 29.8 Å². The Morgan fingerprint density at radius 2 is 2.05 bits per heavy atom. The van der Waals surface area contributed by atoms with E-state index in [2.05, 4.69) is 10.3 Å². The number of rotatable bonds is 6. The third-order valence-corrected chi connectivity index (χ3v) is 3.69. The van der Waals surface area contributed by atoms with E-state index in [1.165, 1.54) is 0 Å². The summed E-state index contributed by atoms with van der Waals surface area (Å²) >= 11 is 5.82. The first-order valence-electron chi connectivity index (χ1n) is 7.18. The lowest BCUT2D eigenvalue weighted by Gasteiger charge is -2.20. The molecule has 1 heterocycles. The Labute approximate surface area is 135 Å². The predicted octanol–water partition coefficient (Wildman–Crippen LogP) is 2.91. The minimum absolute atomic E-state index is 0.0932. The van der Waals surface area contributed by atoms with E-state index in [1.54, 1.807) is 43.6 Å². The number of halogens is 1. The van der Waals surface area contributed by atoms with E-state index in [-0.39, 0.29) is 11.9 Å². The Hall–Kier alpha value is -1.91. The van der Waals surface area contributed by atoms with Crippen LogP contribution in [0.4, 0.5) is 0 Å². The summed E-state index contributed by atoms with van der Waals surface area (Å²) in [6, 6.07) is 10.4. The van der Waals surface area contributed by atoms with Gasteiger partial charge < -0.3 is 10.4 Å². The highest BCUT2D eigenvalue weighted by Gasteiger charge is 2.18. The first kappa shape index (κ1) is 16.5. The van der Waals surface area contributed by atoms with E-state index in [1.807, 2.05) is 12.1 Å². The molecule has 0 spiro atoms. The zero-order valence-electron chi connectivity index (χ0n) is 12.4. The minimum atomic E-state index is -0.764. The normalized spacial score (nSPS) is 13.4. The summed E-state index contributed by atoms with van der Waals surface area (Å²) in [6.45, 7) is 1.78. The van der Waals surface area contributed by atoms with E-state index >= 15 is 0 Å². The van der Waals surface area contributed by atoms with Crippen LogP contribution in [0.25, 0.3) is 0 Å². The maximum atomic E-state index is 12.0. The molecule has 0 aliphatic carbocycles. The first-order valence-corrected chi connectivity index (χ1v) is 7.56. The molecule has 0 aliphatic heterocycles. The quantitative estimate of drug-likeness (QED) is 0.861. The van der Waals surface area contributed by atoms with Gasteiger partial charge in [0, 0.05) is 23.8 Å². The summed E-state index contributed by atoms with van der Waals surface area (Å²) in [5.41, 5.74) is 1.74. The fraction of sp³-hybridized carbons (Fsp3) is 0.294. The number of pyridine rings is 1. The van der Waals surface area contributed by atoms with Crippen LogP contribution < -0.4 is 5.32 Å². The molecular weight excluding hydrogens is 300 g/mol. The van der Waals surface area contributed by atoms with Crippen LogP contribution in [0.1, 0.15) is 30.6 Å². The molecule has 0 saturated heterocycles. The van der Waals surface area contributed by atoms with Crippen LogP contribution in [-0.4, -0.2) is 22.0 Å². The lowest BCUT2D eigenvalue weighted by molar-refractivity contribution is -0.122. The van der Waals surface area contributed by atoms with E-state index in [0.717, 1.165) is 11.1 Å². The topological polar surface area (TPSA) is 62.2 Å². The highest BCUT2D eigenvalue weighted by atomic mass is 35.5. The summed E-state index contributed by atoms with van der Waals surface area (Å²) in [5.74, 6) is -0.0932. The van der Waals surface area contributed by atoms with Gasteiger partial charge in [-0.2, -0.15) is 0 Å². The van der Waals surface area contributed by atoms with Crippen molar-refractivity contribution in [2.45, 2.75) is 31.9 Å². The summed E-state index contributed by atoms with van der Waals surface area (Å²) in [4.78, 5) is 16.0. The van der Waals surface area contributed by atoms with Crippen molar-refractivity contribution in [3.63, 3.8) is 0 Å². The van der Waals surface area contributed by atoms with Crippen LogP contribution in [0.3, 0.4) is 0 Å². The number of carbonyl (C=O) groups excluding carboxylic acids is 1. The lowest BCUT2D eigenvalue weighted by atomic mass is 10.0. The molecule has 5 heteroatoms. The molecule has 2 unspecified atom stereocenters. The average Bonchev–Trinajstić information content (AvgIpc) is 2.54. The number of hydrogen-bond donors (Lipinski definition) is 2. The highest BCUT2D eigenvalue weighted by molar-refractivity contribution is 6.30. The molecule has 1 amide bonds. The van der Waals surface area contributed by atoms with Gasteiger partial charge in [0.1, 0.15) is 0 Å². The first-order chi connectivity index (χ1) is 10.6. The number of carbonyl (C=O) groups is 1. The summed E-state index contributed by atoms with van der Waals surface area (Å²) in [5, 5.41) is 13.7. The van der Waals surface area contributed by atoms with Gasteiger partial charge in [0.2, 0.25) is 5.91 Å². The fourth-order valence-corrected chi connectivity index (χ4v) is 2.28. The van der Waals surface area contributed by atoms with Crippen LogP contribution in [0.15, 0.2) is 48.8 Å². The number of aliphatic hydroxyl groups excluding tert-OH is 1. The summed E-state index contributed by atoms with van der Waals surface area (Å²) < 4.78 is 0. The smallest absolute Gasteiger partial charge is 0.220 e. The number of aryl methyl sites for hydroxylation is 1. The van der Waals surface area contributed by atoms with E-state index in [9.17, 15) is 9.90 Å². The summed E-state index contributed by atoms with van der Waals surface area (Å²) in [6.07, 6.45) is 3.68. The largest absolute Gasteiger partial charge is 0.386 e. The molecule has 2 aromatic rings. The Balaban J connectivity index is 1.84. The van der Waals surface area contributed by atoms with E-state index in [0.29, 0.717) is 17.9 Å². The zero-order valence-corrected chi connectivity index (χ0v) is 13.1. The summed E-state index contributed by atoms with van der Waals surface area (Å²) in [7, 11) is 0. The van der Waals surface area contributed by atoms with Crippen molar-refractivity contribution in [3.05, 3.63) is 64.9 Å². The fourth-order valence-electron chi connectivity index (χ4n) is 2.16. The van der Waals surface area contributed by atoms with Gasteiger partial charge in [-0.25, -0.2) is 0 Å². The van der Waals surface area contributed by atoms with Crippen molar-refractivity contribution in [2.75, 3.05) is 0 Å². The third kappa shape index (κ3) is 4.83. The van der Waals surface area contributed by atoms with Crippen molar-refractivity contribution in [3.8, 4) is 0 Å². The molecule has 0 radical (unpaired) electrons. The molecule has 1 aromatic carbocycles. The van der Waals surface area contributed by atoms with Gasteiger partial charge in [-0.05, 0) is 42.7 Å². The van der Waals surface area contributed by atoms with E-state index < -0.39 is 6.10 Å². The van der Waals surface area contributed by atoms with Crippen LogP contribution >= 0.6 is 11.6 Å². The van der Waals surface area contributed by atoms with Gasteiger partial charge in [-0.15, -0.1) is 0 Å². The van der Waals surface area contributed by atoms with Gasteiger partial charge in [0.15, 0.2) is 0 Å². The number of aliphatic hydroxyl groups is 1. The molecule has 1 aromatic heterocycles. The third-order valence-electron chi connectivity index (χ3n) is 3.44. The Morgan fingerprint density at radius 1 is 1.32 bits per heavy atom. The number of nitrogens with zero attached hydrogens (tertiary/aromatic N) is 1. The molecule has 0 saturated carbocycles. The Bertz CT molecular complexity index is 602. The molecule has 4 nitrogen and oxygen atoms in total. The number of hydrogen-bond acceptors (Lipinski definition) is 3. The molecule has 2 atom stereocenters. The van der Waals surface area contributed by atoms with Crippen LogP contribution in [0.2, 0.25) is 5.02 Å². The number of aromatic nitrogens is 1. The molecule has 116 valence electrons. The maximum absolute atomic E-state index is 12.0. The molecule has 2 N–H and O–H groups in total. The highest BCUT2D eigenvalue weighted by Crippen LogP contribution is 2.19. The second-order valence-corrected chi connectivity index (χ2v) is 5.65. The number of nitrogens with one attached hydrogen (secondary N) is 1. The number of amides is 1. The van der Waals surface area contributed by atoms with Gasteiger partial charge >= 0.3 is 0 Å². The van der Waals surface area contributed by atoms with Crippen LogP contribution in [-0.2, 0) is 11.2 Å². The van der Waals surface area contributed by atoms with Crippen LogP contribution in [0.5, 0.6) is 0 Å². The van der Waals surface area contributed by atoms with Crippen molar-refractivity contribution in [1.82, 2.24) is 10.3 Å². The number of benzene rings is 1. The molecular formula is C17H19ClN2O2. The Morgan fingerprint density at radius 3 is 2.68 bits per heavy atom. The molecule has 2 rings (SSSR count). The minimum Gasteiger partial charge on any atom is -0.386 e. The van der Waals surface area contributed by atoms with Crippen LogP contribution in [0, 0.1) is 0 Å².